The first-order valence-corrected chi connectivity index (χ1v) is 14.1. The van der Waals surface area contributed by atoms with E-state index in [1.165, 1.54) is 26.2 Å². The summed E-state index contributed by atoms with van der Waals surface area (Å²) in [7, 11) is 2.30. The lowest BCUT2D eigenvalue weighted by Gasteiger charge is -2.31. The highest BCUT2D eigenvalue weighted by Crippen LogP contribution is 2.44. The van der Waals surface area contributed by atoms with Gasteiger partial charge >= 0.3 is 18.1 Å². The molecule has 0 amide bonds. The summed E-state index contributed by atoms with van der Waals surface area (Å²) in [5, 5.41) is 23.8. The number of nitro benzene ring substituents is 1. The Kier molecular flexibility index (Phi) is 11.8. The quantitative estimate of drug-likeness (QED) is 0.162. The molecular formula is C31H36F3N3O9. The zero-order valence-electron chi connectivity index (χ0n) is 25.8. The number of nitrogens with zero attached hydrogens (tertiary/aromatic N) is 1. The molecule has 0 saturated heterocycles. The first kappa shape index (κ1) is 35.8. The van der Waals surface area contributed by atoms with Crippen molar-refractivity contribution < 1.29 is 51.7 Å². The van der Waals surface area contributed by atoms with Crippen LogP contribution >= 0.6 is 0 Å². The van der Waals surface area contributed by atoms with Crippen molar-refractivity contribution in [2.24, 2.45) is 11.7 Å². The van der Waals surface area contributed by atoms with E-state index in [1.807, 2.05) is 13.8 Å². The number of dihydropyridines is 1. The second kappa shape index (κ2) is 15.1. The molecule has 0 aliphatic carbocycles. The standard InChI is InChI=1S/C31H36F3N3O9/c1-16(2)27(35)21(38)15-46-22-10-9-18(13-23(22)43-4)11-12-45-30(40)24-17(3)36-28(31(32,33)34)26(29(39)44-5)25(24)19-7-6-8-20(14-19)37(41)42/h6-10,13-14,16,21,25,27,36,38H,11-12,15,35H2,1-5H3. The SMILES string of the molecule is COC(=O)C1=C(C(F)(F)F)NC(C)=C(C(=O)OCCc2ccc(OCC(O)C(N)C(C)C)c(OC)c2)C1c1cccc([N+](=O)[O-])c1. The van der Waals surface area contributed by atoms with E-state index in [0.717, 1.165) is 19.2 Å². The van der Waals surface area contributed by atoms with Crippen molar-refractivity contribution in [3.8, 4) is 11.5 Å². The fourth-order valence-electron chi connectivity index (χ4n) is 4.86. The van der Waals surface area contributed by atoms with Crippen LogP contribution in [-0.4, -0.2) is 67.7 Å². The molecule has 1 aliphatic heterocycles. The van der Waals surface area contributed by atoms with Gasteiger partial charge in [-0.15, -0.1) is 0 Å². The van der Waals surface area contributed by atoms with Gasteiger partial charge in [-0.2, -0.15) is 13.2 Å². The number of nitro groups is 1. The number of hydrogen-bond donors (Lipinski definition) is 3. The predicted octanol–water partition coefficient (Wildman–Crippen LogP) is 4.06. The summed E-state index contributed by atoms with van der Waals surface area (Å²) in [6, 6.07) is 9.02. The van der Waals surface area contributed by atoms with Gasteiger partial charge in [-0.1, -0.05) is 32.0 Å². The molecule has 4 N–H and O–H groups in total. The Hall–Kier alpha value is -4.63. The van der Waals surface area contributed by atoms with Crippen LogP contribution < -0.4 is 20.5 Å². The average Bonchev–Trinajstić information content (AvgIpc) is 3.01. The normalized spacial score (nSPS) is 16.5. The number of aliphatic hydroxyl groups excluding tert-OH is 1. The van der Waals surface area contributed by atoms with E-state index in [2.05, 4.69) is 10.1 Å². The van der Waals surface area contributed by atoms with Gasteiger partial charge < -0.3 is 35.1 Å². The van der Waals surface area contributed by atoms with Crippen molar-refractivity contribution in [3.63, 3.8) is 0 Å². The van der Waals surface area contributed by atoms with Crippen molar-refractivity contribution in [2.45, 2.75) is 51.4 Å². The van der Waals surface area contributed by atoms with Gasteiger partial charge in [0.1, 0.15) is 18.4 Å². The summed E-state index contributed by atoms with van der Waals surface area (Å²) in [5.74, 6) is -3.43. The van der Waals surface area contributed by atoms with E-state index in [1.54, 1.807) is 18.2 Å². The molecule has 3 rings (SSSR count). The smallest absolute Gasteiger partial charge is 0.431 e. The molecule has 1 heterocycles. The van der Waals surface area contributed by atoms with Gasteiger partial charge in [-0.25, -0.2) is 9.59 Å². The summed E-state index contributed by atoms with van der Waals surface area (Å²) in [6.45, 7) is 4.66. The number of allylic oxidation sites excluding steroid dienone is 2. The molecule has 2 aromatic rings. The maximum atomic E-state index is 14.1. The molecule has 250 valence electrons. The van der Waals surface area contributed by atoms with Crippen LogP contribution in [0.15, 0.2) is 65.0 Å². The van der Waals surface area contributed by atoms with Gasteiger partial charge in [0, 0.05) is 30.3 Å². The second-order valence-corrected chi connectivity index (χ2v) is 10.8. The van der Waals surface area contributed by atoms with Gasteiger partial charge in [0.15, 0.2) is 11.5 Å². The number of carbonyl (C=O) groups excluding carboxylic acids is 2. The maximum Gasteiger partial charge on any atom is 0.431 e. The summed E-state index contributed by atoms with van der Waals surface area (Å²) in [6.07, 6.45) is -5.83. The molecule has 0 fully saturated rings. The lowest BCUT2D eigenvalue weighted by atomic mass is 9.80. The molecule has 0 saturated carbocycles. The summed E-state index contributed by atoms with van der Waals surface area (Å²) in [4.78, 5) is 36.9. The Morgan fingerprint density at radius 1 is 1.09 bits per heavy atom. The van der Waals surface area contributed by atoms with E-state index in [9.17, 15) is 38.0 Å². The number of benzene rings is 2. The minimum absolute atomic E-state index is 0.0331. The van der Waals surface area contributed by atoms with Crippen LogP contribution in [0, 0.1) is 16.0 Å². The third-order valence-corrected chi connectivity index (χ3v) is 7.36. The van der Waals surface area contributed by atoms with Gasteiger partial charge in [-0.3, -0.25) is 10.1 Å². The monoisotopic (exact) mass is 651 g/mol. The highest BCUT2D eigenvalue weighted by molar-refractivity contribution is 6.00. The number of hydrogen-bond acceptors (Lipinski definition) is 11. The lowest BCUT2D eigenvalue weighted by Crippen LogP contribution is -2.42. The molecule has 1 aliphatic rings. The minimum atomic E-state index is -5.06. The third-order valence-electron chi connectivity index (χ3n) is 7.36. The maximum absolute atomic E-state index is 14.1. The number of alkyl halides is 3. The summed E-state index contributed by atoms with van der Waals surface area (Å²) < 4.78 is 63.5. The topological polar surface area (TPSA) is 172 Å². The van der Waals surface area contributed by atoms with Crippen molar-refractivity contribution in [3.05, 3.63) is 86.2 Å². The van der Waals surface area contributed by atoms with Crippen molar-refractivity contribution in [1.82, 2.24) is 5.32 Å². The Labute approximate surface area is 263 Å². The Bertz CT molecular complexity index is 1520. The Balaban J connectivity index is 1.87. The number of carbonyl (C=O) groups is 2. The molecule has 3 atom stereocenters. The largest absolute Gasteiger partial charge is 0.493 e. The molecule has 3 unspecified atom stereocenters. The summed E-state index contributed by atoms with van der Waals surface area (Å²) >= 11 is 0. The number of halogens is 3. The molecule has 0 spiro atoms. The van der Waals surface area contributed by atoms with Crippen molar-refractivity contribution in [2.75, 3.05) is 27.4 Å². The average molecular weight is 652 g/mol. The van der Waals surface area contributed by atoms with Crippen molar-refractivity contribution in [1.29, 1.82) is 0 Å². The van der Waals surface area contributed by atoms with Crippen LogP contribution in [0.25, 0.3) is 0 Å². The van der Waals surface area contributed by atoms with Gasteiger partial charge in [0.25, 0.3) is 5.69 Å². The van der Waals surface area contributed by atoms with E-state index >= 15 is 0 Å². The number of esters is 2. The highest BCUT2D eigenvalue weighted by Gasteiger charge is 2.47. The molecular weight excluding hydrogens is 615 g/mol. The Morgan fingerprint density at radius 2 is 1.78 bits per heavy atom. The number of ether oxygens (including phenoxy) is 4. The van der Waals surface area contributed by atoms with Crippen LogP contribution in [0.1, 0.15) is 37.8 Å². The number of aliphatic hydroxyl groups is 1. The van der Waals surface area contributed by atoms with Gasteiger partial charge in [0.2, 0.25) is 0 Å². The molecule has 0 radical (unpaired) electrons. The van der Waals surface area contributed by atoms with Crippen molar-refractivity contribution >= 4 is 17.6 Å². The van der Waals surface area contributed by atoms with E-state index in [-0.39, 0.29) is 42.4 Å². The summed E-state index contributed by atoms with van der Waals surface area (Å²) in [5.41, 5.74) is 3.00. The lowest BCUT2D eigenvalue weighted by molar-refractivity contribution is -0.384. The fraction of sp³-hybridized carbons (Fsp3) is 0.419. The van der Waals surface area contributed by atoms with Crippen LogP contribution in [-0.2, 0) is 25.5 Å². The zero-order chi connectivity index (χ0) is 34.3. The van der Waals surface area contributed by atoms with E-state index in [4.69, 9.17) is 19.9 Å². The molecule has 15 heteroatoms. The number of methoxy groups -OCH3 is 2. The molecule has 0 bridgehead atoms. The molecule has 46 heavy (non-hydrogen) atoms. The van der Waals surface area contributed by atoms with Crippen LogP contribution in [0.4, 0.5) is 18.9 Å². The number of non-ortho nitro benzene ring substituents is 1. The molecule has 12 nitrogen and oxygen atoms in total. The van der Waals surface area contributed by atoms with E-state index in [0.29, 0.717) is 17.1 Å². The zero-order valence-corrected chi connectivity index (χ0v) is 25.8. The number of nitrogens with one attached hydrogen (secondary N) is 1. The van der Waals surface area contributed by atoms with Crippen LogP contribution in [0.2, 0.25) is 0 Å². The molecule has 2 aromatic carbocycles. The number of nitrogens with two attached hydrogens (primary N) is 1. The fourth-order valence-corrected chi connectivity index (χ4v) is 4.86. The van der Waals surface area contributed by atoms with Crippen LogP contribution in [0.3, 0.4) is 0 Å². The van der Waals surface area contributed by atoms with E-state index < -0.39 is 58.1 Å². The second-order valence-electron chi connectivity index (χ2n) is 10.8. The first-order chi connectivity index (χ1) is 21.6. The van der Waals surface area contributed by atoms with Gasteiger partial charge in [-0.05, 0) is 36.1 Å². The minimum Gasteiger partial charge on any atom is -0.493 e. The Morgan fingerprint density at radius 3 is 2.37 bits per heavy atom. The van der Waals surface area contributed by atoms with Crippen LogP contribution in [0.5, 0.6) is 11.5 Å². The highest BCUT2D eigenvalue weighted by atomic mass is 19.4. The number of rotatable bonds is 13. The van der Waals surface area contributed by atoms with Gasteiger partial charge in [0.05, 0.1) is 42.8 Å². The first-order valence-electron chi connectivity index (χ1n) is 14.1. The molecule has 0 aromatic heterocycles. The third kappa shape index (κ3) is 8.34. The predicted molar refractivity (Wildman–Crippen MR) is 159 cm³/mol.